The second kappa shape index (κ2) is 23.7. The normalized spacial score (nSPS) is 12.5. The molecule has 10 heteroatoms. The van der Waals surface area contributed by atoms with Gasteiger partial charge in [-0.3, -0.25) is 14.6 Å². The molecule has 268 valence electrons. The van der Waals surface area contributed by atoms with Crippen molar-refractivity contribution >= 4 is 29.5 Å². The molecule has 2 heterocycles. The van der Waals surface area contributed by atoms with Crippen LogP contribution in [0.15, 0.2) is 60.3 Å². The monoisotopic (exact) mass is 673 g/mol. The number of aromatic nitrogens is 3. The number of ether oxygens (including phenoxy) is 1. The van der Waals surface area contributed by atoms with Crippen molar-refractivity contribution in [3.63, 3.8) is 0 Å². The molecule has 0 atom stereocenters. The van der Waals surface area contributed by atoms with Crippen molar-refractivity contribution in [2.24, 2.45) is 5.92 Å². The zero-order valence-corrected chi connectivity index (χ0v) is 31.6. The molecule has 2 amide bonds. The minimum atomic E-state index is 0.00109. The maximum atomic E-state index is 12.1. The van der Waals surface area contributed by atoms with Gasteiger partial charge in [-0.15, -0.1) is 5.10 Å². The SMILES string of the molecule is CC.CC.CCN(C)CC1=CCCC=C1.CNC=O.COc1c(Nc2cc(NC(=O)C3CC3)nnc2C)ccc(C)c1-c1ccc(C)nc1. The van der Waals surface area contributed by atoms with Gasteiger partial charge in [0.05, 0.1) is 24.2 Å². The third kappa shape index (κ3) is 14.6. The summed E-state index contributed by atoms with van der Waals surface area (Å²) in [7, 11) is 5.38. The Morgan fingerprint density at radius 2 is 1.71 bits per heavy atom. The smallest absolute Gasteiger partial charge is 0.228 e. The highest BCUT2D eigenvalue weighted by molar-refractivity contribution is 5.93. The van der Waals surface area contributed by atoms with Gasteiger partial charge in [0, 0.05) is 48.6 Å². The van der Waals surface area contributed by atoms with Gasteiger partial charge < -0.3 is 25.6 Å². The number of carbonyl (C=O) groups is 2. The van der Waals surface area contributed by atoms with E-state index in [0.29, 0.717) is 12.2 Å². The van der Waals surface area contributed by atoms with Crippen LogP contribution in [0.1, 0.15) is 77.3 Å². The van der Waals surface area contributed by atoms with E-state index in [1.807, 2.05) is 78.9 Å². The van der Waals surface area contributed by atoms with Gasteiger partial charge in [0.15, 0.2) is 5.82 Å². The molecule has 3 aromatic rings. The first-order valence-corrected chi connectivity index (χ1v) is 17.4. The van der Waals surface area contributed by atoms with Gasteiger partial charge in [-0.1, -0.05) is 65.0 Å². The van der Waals surface area contributed by atoms with Crippen molar-refractivity contribution in [3.8, 4) is 16.9 Å². The first-order valence-electron chi connectivity index (χ1n) is 17.4. The molecule has 0 radical (unpaired) electrons. The molecule has 0 aliphatic heterocycles. The van der Waals surface area contributed by atoms with Gasteiger partial charge >= 0.3 is 0 Å². The second-order valence-electron chi connectivity index (χ2n) is 11.1. The van der Waals surface area contributed by atoms with E-state index in [4.69, 9.17) is 9.53 Å². The predicted molar refractivity (Wildman–Crippen MR) is 205 cm³/mol. The Labute approximate surface area is 294 Å². The molecule has 0 spiro atoms. The fourth-order valence-electron chi connectivity index (χ4n) is 4.53. The molecule has 0 bridgehead atoms. The summed E-state index contributed by atoms with van der Waals surface area (Å²) in [6.45, 7) is 18.3. The van der Waals surface area contributed by atoms with Crippen molar-refractivity contribution in [3.05, 3.63) is 77.3 Å². The maximum absolute atomic E-state index is 12.1. The number of hydrogen-bond acceptors (Lipinski definition) is 8. The van der Waals surface area contributed by atoms with Crippen LogP contribution >= 0.6 is 0 Å². The lowest BCUT2D eigenvalue weighted by Gasteiger charge is -2.18. The summed E-state index contributed by atoms with van der Waals surface area (Å²) < 4.78 is 5.79. The number of hydrogen-bond donors (Lipinski definition) is 3. The number of aryl methyl sites for hydroxylation is 3. The van der Waals surface area contributed by atoms with Crippen LogP contribution in [-0.2, 0) is 9.59 Å². The van der Waals surface area contributed by atoms with E-state index in [0.717, 1.165) is 71.1 Å². The van der Waals surface area contributed by atoms with Crippen LogP contribution in [0.5, 0.6) is 5.75 Å². The lowest BCUT2D eigenvalue weighted by atomic mass is 9.99. The van der Waals surface area contributed by atoms with Crippen LogP contribution in [0.3, 0.4) is 0 Å². The molecule has 3 N–H and O–H groups in total. The van der Waals surface area contributed by atoms with Crippen molar-refractivity contribution in [2.45, 2.75) is 81.1 Å². The highest BCUT2D eigenvalue weighted by Crippen LogP contribution is 2.40. The quantitative estimate of drug-likeness (QED) is 0.184. The topological polar surface area (TPSA) is 121 Å². The number of likely N-dealkylation sites (N-methyl/N-ethyl adjacent to an activating group) is 1. The van der Waals surface area contributed by atoms with Crippen LogP contribution in [0.25, 0.3) is 11.1 Å². The Kier molecular flexibility index (Phi) is 20.5. The van der Waals surface area contributed by atoms with Crippen LogP contribution in [-0.4, -0.2) is 66.7 Å². The molecule has 10 nitrogen and oxygen atoms in total. The lowest BCUT2D eigenvalue weighted by Crippen LogP contribution is -2.20. The summed E-state index contributed by atoms with van der Waals surface area (Å²) >= 11 is 0. The first-order chi connectivity index (χ1) is 23.7. The summed E-state index contributed by atoms with van der Waals surface area (Å²) in [5.41, 5.74) is 7.77. The van der Waals surface area contributed by atoms with Gasteiger partial charge in [0.2, 0.25) is 12.3 Å². The third-order valence-corrected chi connectivity index (χ3v) is 7.40. The third-order valence-electron chi connectivity index (χ3n) is 7.40. The fourth-order valence-corrected chi connectivity index (χ4v) is 4.53. The number of amides is 2. The number of nitrogens with one attached hydrogen (secondary N) is 3. The molecule has 1 fully saturated rings. The molecule has 1 saturated carbocycles. The summed E-state index contributed by atoms with van der Waals surface area (Å²) in [5.74, 6) is 1.27. The van der Waals surface area contributed by atoms with Crippen LogP contribution in [0, 0.1) is 26.7 Å². The number of anilines is 3. The molecule has 0 saturated heterocycles. The van der Waals surface area contributed by atoms with E-state index in [1.165, 1.54) is 18.4 Å². The van der Waals surface area contributed by atoms with Crippen LogP contribution < -0.4 is 20.7 Å². The number of rotatable bonds is 10. The molecule has 1 aromatic carbocycles. The molecule has 5 rings (SSSR count). The average Bonchev–Trinajstić information content (AvgIpc) is 3.99. The Morgan fingerprint density at radius 3 is 2.24 bits per heavy atom. The summed E-state index contributed by atoms with van der Waals surface area (Å²) in [4.78, 5) is 27.9. The number of nitrogens with zero attached hydrogens (tertiary/aromatic N) is 4. The Balaban J connectivity index is 0.000000523. The number of pyridine rings is 1. The maximum Gasteiger partial charge on any atom is 0.228 e. The van der Waals surface area contributed by atoms with Crippen molar-refractivity contribution in [2.75, 3.05) is 44.9 Å². The molecule has 2 aromatic heterocycles. The van der Waals surface area contributed by atoms with Crippen molar-refractivity contribution in [1.29, 1.82) is 0 Å². The summed E-state index contributed by atoms with van der Waals surface area (Å²) in [6, 6.07) is 9.85. The lowest BCUT2D eigenvalue weighted by molar-refractivity contribution is -0.117. The molecule has 2 aliphatic carbocycles. The minimum absolute atomic E-state index is 0.00109. The fraction of sp³-hybridized carbons (Fsp3) is 0.462. The van der Waals surface area contributed by atoms with E-state index < -0.39 is 0 Å². The predicted octanol–water partition coefficient (Wildman–Crippen LogP) is 8.19. The van der Waals surface area contributed by atoms with Crippen LogP contribution in [0.2, 0.25) is 0 Å². The molecule has 49 heavy (non-hydrogen) atoms. The van der Waals surface area contributed by atoms with E-state index in [2.05, 4.69) is 68.2 Å². The number of benzene rings is 1. The van der Waals surface area contributed by atoms with E-state index in [1.54, 1.807) is 20.2 Å². The largest absolute Gasteiger partial charge is 0.494 e. The number of carbonyl (C=O) groups excluding carboxylic acids is 2. The summed E-state index contributed by atoms with van der Waals surface area (Å²) in [5, 5.41) is 16.8. The van der Waals surface area contributed by atoms with Gasteiger partial charge in [-0.05, 0) is 83.3 Å². The van der Waals surface area contributed by atoms with E-state index >= 15 is 0 Å². The highest BCUT2D eigenvalue weighted by atomic mass is 16.5. The first kappa shape index (κ1) is 42.5. The zero-order chi connectivity index (χ0) is 36.8. The Morgan fingerprint density at radius 1 is 1.02 bits per heavy atom. The van der Waals surface area contributed by atoms with Crippen LogP contribution in [0.4, 0.5) is 17.2 Å². The molecular weight excluding hydrogens is 614 g/mol. The second-order valence-corrected chi connectivity index (χ2v) is 11.1. The molecule has 2 aliphatic rings. The Hall–Kier alpha value is -4.57. The summed E-state index contributed by atoms with van der Waals surface area (Å²) in [6.07, 6.45) is 13.7. The Bertz CT molecular complexity index is 1480. The molecular formula is C39H59N7O3. The minimum Gasteiger partial charge on any atom is -0.494 e. The number of methoxy groups -OCH3 is 1. The van der Waals surface area contributed by atoms with Gasteiger partial charge in [-0.25, -0.2) is 0 Å². The van der Waals surface area contributed by atoms with E-state index in [9.17, 15) is 4.79 Å². The average molecular weight is 674 g/mol. The van der Waals surface area contributed by atoms with Gasteiger partial charge in [0.1, 0.15) is 5.75 Å². The van der Waals surface area contributed by atoms with E-state index in [-0.39, 0.29) is 11.8 Å². The van der Waals surface area contributed by atoms with Gasteiger partial charge in [-0.2, -0.15) is 5.10 Å². The highest BCUT2D eigenvalue weighted by Gasteiger charge is 2.30. The van der Waals surface area contributed by atoms with Crippen molar-refractivity contribution < 1.29 is 14.3 Å². The standard InChI is InChI=1S/C23H25N5O2.C10H17N.C2H5NO.2C2H6/c1-13-5-10-18(22(30-4)21(13)17-7-6-14(2)24-12-17)25-19-11-20(28-27-15(19)3)26-23(29)16-8-9-16;1-3-11(2)9-10-7-5-4-6-8-10;1-3-2-4;2*1-2/h5-7,10-12,16H,8-9H2,1-4H3,(H2,25,26,28,29);5,7-8H,3-4,6,9H2,1-2H3;2H,1H3,(H,3,4);2*1-2H3. The zero-order valence-electron chi connectivity index (χ0n) is 31.6. The molecule has 0 unspecified atom stereocenters. The van der Waals surface area contributed by atoms with Gasteiger partial charge in [0.25, 0.3) is 0 Å². The van der Waals surface area contributed by atoms with Crippen molar-refractivity contribution in [1.82, 2.24) is 25.4 Å². The number of allylic oxidation sites excluding steroid dienone is 2.